The molecule has 6 heteroatoms. The highest BCUT2D eigenvalue weighted by Crippen LogP contribution is 2.31. The van der Waals surface area contributed by atoms with E-state index in [1.807, 2.05) is 48.7 Å². The summed E-state index contributed by atoms with van der Waals surface area (Å²) in [6.45, 7) is 11.0. The molecule has 0 fully saturated rings. The third-order valence-corrected chi connectivity index (χ3v) is 5.70. The van der Waals surface area contributed by atoms with Gasteiger partial charge in [0.05, 0.1) is 5.25 Å². The van der Waals surface area contributed by atoms with Crippen molar-refractivity contribution in [3.63, 3.8) is 0 Å². The Morgan fingerprint density at radius 2 is 1.72 bits per heavy atom. The monoisotopic (exact) mass is 408 g/mol. The molecule has 0 aliphatic heterocycles. The summed E-state index contributed by atoms with van der Waals surface area (Å²) in [4.78, 5) is 12.2. The highest BCUT2D eigenvalue weighted by atomic mass is 32.2. The van der Waals surface area contributed by atoms with Gasteiger partial charge in [-0.05, 0) is 37.0 Å². The second kappa shape index (κ2) is 8.82. The Kier molecular flexibility index (Phi) is 6.42. The molecule has 3 rings (SSSR count). The number of hydrogen-bond acceptors (Lipinski definition) is 4. The summed E-state index contributed by atoms with van der Waals surface area (Å²) in [6, 6.07) is 18.5. The van der Waals surface area contributed by atoms with Crippen LogP contribution in [-0.4, -0.2) is 32.5 Å². The number of hydrogen-bond donors (Lipinski definition) is 1. The number of thioether (sulfide) groups is 1. The van der Waals surface area contributed by atoms with E-state index in [0.29, 0.717) is 11.7 Å². The van der Waals surface area contributed by atoms with E-state index in [1.54, 1.807) is 0 Å². The van der Waals surface area contributed by atoms with E-state index in [9.17, 15) is 4.79 Å². The number of para-hydroxylation sites is 1. The number of benzene rings is 2. The van der Waals surface area contributed by atoms with Crippen LogP contribution in [0, 0.1) is 0 Å². The molecule has 0 aliphatic carbocycles. The standard InChI is InChI=1S/C23H28N4OS/c1-6-24-21(28)16(2)29-22-26-25-20(27(22)19-10-8-7-9-11-19)17-12-14-18(15-13-17)23(3,4)5/h7-16H,6H2,1-5H3,(H,24,28). The summed E-state index contributed by atoms with van der Waals surface area (Å²) < 4.78 is 2.02. The molecule has 1 unspecified atom stereocenters. The van der Waals surface area contributed by atoms with Gasteiger partial charge >= 0.3 is 0 Å². The average Bonchev–Trinajstić information content (AvgIpc) is 3.11. The van der Waals surface area contributed by atoms with Crippen molar-refractivity contribution in [2.45, 2.75) is 50.4 Å². The number of amides is 1. The first-order valence-corrected chi connectivity index (χ1v) is 10.8. The van der Waals surface area contributed by atoms with E-state index < -0.39 is 0 Å². The molecule has 1 heterocycles. The van der Waals surface area contributed by atoms with Gasteiger partial charge in [-0.2, -0.15) is 0 Å². The molecule has 0 aliphatic rings. The number of carbonyl (C=O) groups excluding carboxylic acids is 1. The fraction of sp³-hybridized carbons (Fsp3) is 0.348. The van der Waals surface area contributed by atoms with Crippen LogP contribution < -0.4 is 5.32 Å². The third-order valence-electron chi connectivity index (χ3n) is 4.66. The Hall–Kier alpha value is -2.60. The molecular weight excluding hydrogens is 380 g/mol. The van der Waals surface area contributed by atoms with Gasteiger partial charge in [0.25, 0.3) is 0 Å². The van der Waals surface area contributed by atoms with E-state index >= 15 is 0 Å². The van der Waals surface area contributed by atoms with Crippen LogP contribution in [0.15, 0.2) is 59.8 Å². The molecule has 1 N–H and O–H groups in total. The smallest absolute Gasteiger partial charge is 0.233 e. The lowest BCUT2D eigenvalue weighted by atomic mass is 9.87. The third kappa shape index (κ3) is 4.88. The Balaban J connectivity index is 2.02. The molecule has 0 saturated heterocycles. The second-order valence-corrected chi connectivity index (χ2v) is 9.27. The molecule has 0 saturated carbocycles. The largest absolute Gasteiger partial charge is 0.355 e. The zero-order chi connectivity index (χ0) is 21.0. The van der Waals surface area contributed by atoms with Crippen LogP contribution in [0.1, 0.15) is 40.2 Å². The van der Waals surface area contributed by atoms with Crippen molar-refractivity contribution < 1.29 is 4.79 Å². The van der Waals surface area contributed by atoms with Gasteiger partial charge in [-0.25, -0.2) is 0 Å². The fourth-order valence-corrected chi connectivity index (χ4v) is 3.88. The minimum atomic E-state index is -0.266. The highest BCUT2D eigenvalue weighted by Gasteiger charge is 2.22. The number of rotatable bonds is 6. The quantitative estimate of drug-likeness (QED) is 0.593. The SMILES string of the molecule is CCNC(=O)C(C)Sc1nnc(-c2ccc(C(C)(C)C)cc2)n1-c1ccccc1. The van der Waals surface area contributed by atoms with Crippen LogP contribution in [0.3, 0.4) is 0 Å². The van der Waals surface area contributed by atoms with Gasteiger partial charge < -0.3 is 5.32 Å². The predicted molar refractivity (Wildman–Crippen MR) is 119 cm³/mol. The number of nitrogens with one attached hydrogen (secondary N) is 1. The van der Waals surface area contributed by atoms with Gasteiger partial charge in [-0.15, -0.1) is 10.2 Å². The lowest BCUT2D eigenvalue weighted by Gasteiger charge is -2.19. The number of nitrogens with zero attached hydrogens (tertiary/aromatic N) is 3. The predicted octanol–water partition coefficient (Wildman–Crippen LogP) is 4.85. The van der Waals surface area contributed by atoms with Crippen molar-refractivity contribution in [1.82, 2.24) is 20.1 Å². The maximum absolute atomic E-state index is 12.2. The van der Waals surface area contributed by atoms with Gasteiger partial charge in [0.15, 0.2) is 11.0 Å². The maximum Gasteiger partial charge on any atom is 0.233 e. The fourth-order valence-electron chi connectivity index (χ4n) is 2.99. The minimum Gasteiger partial charge on any atom is -0.355 e. The van der Waals surface area contributed by atoms with Crippen molar-refractivity contribution in [2.75, 3.05) is 6.54 Å². The van der Waals surface area contributed by atoms with Gasteiger partial charge in [-0.1, -0.05) is 75.0 Å². The van der Waals surface area contributed by atoms with Crippen molar-refractivity contribution in [2.24, 2.45) is 0 Å². The minimum absolute atomic E-state index is 0.00353. The van der Waals surface area contributed by atoms with E-state index in [2.05, 4.69) is 60.6 Å². The van der Waals surface area contributed by atoms with E-state index in [4.69, 9.17) is 0 Å². The molecule has 1 atom stereocenters. The normalized spacial score (nSPS) is 12.6. The maximum atomic E-state index is 12.2. The van der Waals surface area contributed by atoms with Crippen LogP contribution in [0.5, 0.6) is 0 Å². The summed E-state index contributed by atoms with van der Waals surface area (Å²) in [5.41, 5.74) is 3.32. The molecule has 152 valence electrons. The van der Waals surface area contributed by atoms with Crippen LogP contribution in [-0.2, 0) is 10.2 Å². The molecule has 0 bridgehead atoms. The Bertz CT molecular complexity index is 959. The van der Waals surface area contributed by atoms with E-state index in [0.717, 1.165) is 17.1 Å². The summed E-state index contributed by atoms with van der Waals surface area (Å²) in [6.07, 6.45) is 0. The Morgan fingerprint density at radius 1 is 1.07 bits per heavy atom. The Morgan fingerprint density at radius 3 is 2.31 bits per heavy atom. The van der Waals surface area contributed by atoms with Crippen molar-refractivity contribution in [3.05, 3.63) is 60.2 Å². The first-order chi connectivity index (χ1) is 13.8. The van der Waals surface area contributed by atoms with Crippen LogP contribution in [0.2, 0.25) is 0 Å². The van der Waals surface area contributed by atoms with Crippen molar-refractivity contribution >= 4 is 17.7 Å². The highest BCUT2D eigenvalue weighted by molar-refractivity contribution is 8.00. The van der Waals surface area contributed by atoms with Crippen molar-refractivity contribution in [1.29, 1.82) is 0 Å². The van der Waals surface area contributed by atoms with Gasteiger partial charge in [-0.3, -0.25) is 9.36 Å². The first-order valence-electron chi connectivity index (χ1n) is 9.87. The topological polar surface area (TPSA) is 59.8 Å². The molecule has 1 amide bonds. The zero-order valence-electron chi connectivity index (χ0n) is 17.6. The summed E-state index contributed by atoms with van der Waals surface area (Å²) in [5, 5.41) is 12.2. The molecule has 3 aromatic rings. The molecular formula is C23H28N4OS. The van der Waals surface area contributed by atoms with Crippen LogP contribution >= 0.6 is 11.8 Å². The van der Waals surface area contributed by atoms with Crippen LogP contribution in [0.4, 0.5) is 0 Å². The Labute approximate surface area is 176 Å². The van der Waals surface area contributed by atoms with Gasteiger partial charge in [0.1, 0.15) is 0 Å². The molecule has 0 spiro atoms. The molecule has 5 nitrogen and oxygen atoms in total. The van der Waals surface area contributed by atoms with Crippen molar-refractivity contribution in [3.8, 4) is 17.1 Å². The molecule has 0 radical (unpaired) electrons. The second-order valence-electron chi connectivity index (χ2n) is 7.96. The molecule has 1 aromatic heterocycles. The summed E-state index contributed by atoms with van der Waals surface area (Å²) in [7, 11) is 0. The van der Waals surface area contributed by atoms with E-state index in [-0.39, 0.29) is 16.6 Å². The summed E-state index contributed by atoms with van der Waals surface area (Å²) >= 11 is 1.41. The number of aromatic nitrogens is 3. The number of carbonyl (C=O) groups is 1. The molecule has 2 aromatic carbocycles. The lowest BCUT2D eigenvalue weighted by Crippen LogP contribution is -2.30. The summed E-state index contributed by atoms with van der Waals surface area (Å²) in [5.74, 6) is 0.762. The van der Waals surface area contributed by atoms with Gasteiger partial charge in [0, 0.05) is 17.8 Å². The van der Waals surface area contributed by atoms with Gasteiger partial charge in [0.2, 0.25) is 5.91 Å². The van der Waals surface area contributed by atoms with E-state index in [1.165, 1.54) is 17.3 Å². The first kappa shape index (κ1) is 21.1. The zero-order valence-corrected chi connectivity index (χ0v) is 18.5. The average molecular weight is 409 g/mol. The van der Waals surface area contributed by atoms with Crippen LogP contribution in [0.25, 0.3) is 17.1 Å². The molecule has 29 heavy (non-hydrogen) atoms. The lowest BCUT2D eigenvalue weighted by molar-refractivity contribution is -0.120.